The van der Waals surface area contributed by atoms with Crippen molar-refractivity contribution in [3.63, 3.8) is 0 Å². The zero-order chi connectivity index (χ0) is 5.86. The van der Waals surface area contributed by atoms with Gasteiger partial charge in [0.15, 0.2) is 0 Å². The monoisotopic (exact) mass is 163 g/mol. The molecule has 0 saturated carbocycles. The summed E-state index contributed by atoms with van der Waals surface area (Å²) in [6.07, 6.45) is 1.06. The molecule has 0 rings (SSSR count). The molecule has 0 atom stereocenters. The Kier molecular flexibility index (Phi) is 6.69. The molecule has 0 saturated heterocycles. The van der Waals surface area contributed by atoms with Crippen molar-refractivity contribution in [3.05, 3.63) is 6.42 Å². The van der Waals surface area contributed by atoms with Crippen molar-refractivity contribution < 1.29 is 29.1 Å². The fourth-order valence-corrected chi connectivity index (χ4v) is 0.286. The molecule has 0 aliphatic rings. The van der Waals surface area contributed by atoms with Gasteiger partial charge >= 0.3 is 0 Å². The summed E-state index contributed by atoms with van der Waals surface area (Å²) in [7, 11) is 0. The summed E-state index contributed by atoms with van der Waals surface area (Å²) in [5.74, 6) is -0.375. The number of carbonyl (C=O) groups is 2. The number of rotatable bonds is 2. The van der Waals surface area contributed by atoms with E-state index >= 15 is 0 Å². The van der Waals surface area contributed by atoms with Crippen LogP contribution in [-0.4, -0.2) is 11.6 Å². The van der Waals surface area contributed by atoms with Gasteiger partial charge in [0.05, 0.1) is 0 Å². The number of hydrogen-bond acceptors (Lipinski definition) is 2. The second kappa shape index (κ2) is 4.98. The molecule has 2 nitrogen and oxygen atoms in total. The zero-order valence-corrected chi connectivity index (χ0v) is 8.07. The summed E-state index contributed by atoms with van der Waals surface area (Å²) in [5.41, 5.74) is 0. The van der Waals surface area contributed by atoms with Gasteiger partial charge in [-0.1, -0.05) is 0 Å². The minimum Gasteiger partial charge on any atom is -0.334 e. The average molecular weight is 164 g/mol. The second-order valence-electron chi connectivity index (χ2n) is 1.37. The molecule has 3 heteroatoms. The minimum atomic E-state index is -0.187. The number of ketones is 2. The Labute approximate surface area is 61.4 Å². The molecule has 0 aliphatic heterocycles. The Morgan fingerprint density at radius 2 is 1.38 bits per heavy atom. The molecule has 0 fully saturated rings. The van der Waals surface area contributed by atoms with Crippen molar-refractivity contribution in [2.24, 2.45) is 0 Å². The predicted molar refractivity (Wildman–Crippen MR) is 25.7 cm³/mol. The van der Waals surface area contributed by atoms with Crippen LogP contribution in [0.15, 0.2) is 0 Å². The Morgan fingerprint density at radius 1 is 1.12 bits per heavy atom. The van der Waals surface area contributed by atoms with Gasteiger partial charge in [-0.05, 0) is 13.8 Å². The van der Waals surface area contributed by atoms with Crippen molar-refractivity contribution >= 4 is 11.6 Å². The van der Waals surface area contributed by atoms with Crippen LogP contribution in [0.25, 0.3) is 0 Å². The molecule has 0 aromatic rings. The molecule has 0 amide bonds. The first-order valence-corrected chi connectivity index (χ1v) is 1.99. The van der Waals surface area contributed by atoms with Gasteiger partial charge in [0, 0.05) is 31.0 Å². The van der Waals surface area contributed by atoms with E-state index in [-0.39, 0.29) is 31.0 Å². The van der Waals surface area contributed by atoms with E-state index < -0.39 is 0 Å². The van der Waals surface area contributed by atoms with Gasteiger partial charge in [-0.3, -0.25) is 6.42 Å². The Balaban J connectivity index is 0. The molecule has 8 heavy (non-hydrogen) atoms. The van der Waals surface area contributed by atoms with E-state index in [2.05, 4.69) is 0 Å². The summed E-state index contributed by atoms with van der Waals surface area (Å²) in [6.45, 7) is 2.70. The molecular weight excluding hydrogens is 157 g/mol. The van der Waals surface area contributed by atoms with Crippen molar-refractivity contribution in [2.75, 3.05) is 0 Å². The summed E-state index contributed by atoms with van der Waals surface area (Å²) in [5, 5.41) is 0. The largest absolute Gasteiger partial charge is 0.334 e. The van der Waals surface area contributed by atoms with Crippen LogP contribution in [0.1, 0.15) is 13.8 Å². The van der Waals surface area contributed by atoms with Crippen LogP contribution in [-0.2, 0) is 29.1 Å². The Bertz CT molecular complexity index is 86.6. The van der Waals surface area contributed by atoms with E-state index in [1.807, 2.05) is 0 Å². The molecule has 0 heterocycles. The van der Waals surface area contributed by atoms with Gasteiger partial charge in [0.25, 0.3) is 0 Å². The van der Waals surface area contributed by atoms with Crippen LogP contribution < -0.4 is 0 Å². The van der Waals surface area contributed by atoms with Crippen molar-refractivity contribution in [3.8, 4) is 0 Å². The standard InChI is InChI=1S/C5H7O2.Zn/c1-4(6)3-5(2)7;/h3H,1-2H3;/q-1;. The van der Waals surface area contributed by atoms with Crippen molar-refractivity contribution in [2.45, 2.75) is 13.8 Å². The Hall–Kier alpha value is -0.167. The minimum absolute atomic E-state index is 0. The fraction of sp³-hybridized carbons (Fsp3) is 0.400. The number of Topliss-reactive ketones (excluding diaryl/α,β-unsaturated/α-hetero) is 2. The first-order valence-electron chi connectivity index (χ1n) is 1.99. The molecule has 0 unspecified atom stereocenters. The first kappa shape index (κ1) is 10.7. The van der Waals surface area contributed by atoms with Crippen molar-refractivity contribution in [1.29, 1.82) is 0 Å². The smallest absolute Gasteiger partial charge is 0.00219 e. The molecule has 0 aromatic heterocycles. The molecule has 0 aliphatic carbocycles. The number of carbonyl (C=O) groups excluding carboxylic acids is 2. The Morgan fingerprint density at radius 3 is 1.38 bits per heavy atom. The second-order valence-corrected chi connectivity index (χ2v) is 1.37. The van der Waals surface area contributed by atoms with Crippen LogP contribution in [0.3, 0.4) is 0 Å². The fourth-order valence-electron chi connectivity index (χ4n) is 0.286. The van der Waals surface area contributed by atoms with Crippen LogP contribution in [0.4, 0.5) is 0 Å². The van der Waals surface area contributed by atoms with Crippen LogP contribution in [0.2, 0.25) is 0 Å². The van der Waals surface area contributed by atoms with Gasteiger partial charge in [-0.15, -0.1) is 0 Å². The van der Waals surface area contributed by atoms with Crippen molar-refractivity contribution in [1.82, 2.24) is 0 Å². The van der Waals surface area contributed by atoms with Gasteiger partial charge in [-0.25, -0.2) is 0 Å². The van der Waals surface area contributed by atoms with E-state index in [0.29, 0.717) is 0 Å². The normalized spacial score (nSPS) is 6.75. The molecule has 0 N–H and O–H groups in total. The summed E-state index contributed by atoms with van der Waals surface area (Å²) in [6, 6.07) is 0. The summed E-state index contributed by atoms with van der Waals surface area (Å²) in [4.78, 5) is 20.0. The van der Waals surface area contributed by atoms with Gasteiger partial charge in [0.1, 0.15) is 0 Å². The molecular formula is C5H7O2Zn-. The van der Waals surface area contributed by atoms with E-state index in [9.17, 15) is 9.59 Å². The maximum atomic E-state index is 9.98. The summed E-state index contributed by atoms with van der Waals surface area (Å²) < 4.78 is 0. The predicted octanol–water partition coefficient (Wildman–Crippen LogP) is 0.366. The molecule has 0 radical (unpaired) electrons. The van der Waals surface area contributed by atoms with E-state index in [1.165, 1.54) is 13.8 Å². The maximum Gasteiger partial charge on any atom is 0.00219 e. The van der Waals surface area contributed by atoms with E-state index in [0.717, 1.165) is 6.42 Å². The van der Waals surface area contributed by atoms with Gasteiger partial charge < -0.3 is 9.59 Å². The SMILES string of the molecule is CC(=O)[CH-]C(C)=O.[Zn]. The molecule has 42 valence electrons. The zero-order valence-electron chi connectivity index (χ0n) is 5.10. The first-order chi connectivity index (χ1) is 3.13. The quantitative estimate of drug-likeness (QED) is 0.336. The number of hydrogen-bond donors (Lipinski definition) is 0. The third kappa shape index (κ3) is 9.27. The summed E-state index contributed by atoms with van der Waals surface area (Å²) >= 11 is 0. The van der Waals surface area contributed by atoms with Crippen LogP contribution in [0.5, 0.6) is 0 Å². The van der Waals surface area contributed by atoms with Gasteiger partial charge in [-0.2, -0.15) is 0 Å². The maximum absolute atomic E-state index is 9.98. The molecule has 0 aromatic carbocycles. The average Bonchev–Trinajstić information content (AvgIpc) is 1.27. The third-order valence-electron chi connectivity index (χ3n) is 0.407. The van der Waals surface area contributed by atoms with E-state index in [1.54, 1.807) is 0 Å². The van der Waals surface area contributed by atoms with E-state index in [4.69, 9.17) is 0 Å². The topological polar surface area (TPSA) is 34.1 Å². The molecule has 0 spiro atoms. The van der Waals surface area contributed by atoms with Crippen LogP contribution in [0, 0.1) is 6.42 Å². The molecule has 0 bridgehead atoms. The van der Waals surface area contributed by atoms with Crippen LogP contribution >= 0.6 is 0 Å². The third-order valence-corrected chi connectivity index (χ3v) is 0.407. The van der Waals surface area contributed by atoms with Gasteiger partial charge in [0.2, 0.25) is 0 Å².